The molecule has 1 fully saturated rings. The Morgan fingerprint density at radius 1 is 1.40 bits per heavy atom. The van der Waals surface area contributed by atoms with Crippen molar-refractivity contribution < 1.29 is 0 Å². The molecule has 5 nitrogen and oxygen atoms in total. The number of nitriles is 1. The average molecular weight is 273 g/mol. The molecule has 1 aromatic rings. The van der Waals surface area contributed by atoms with Gasteiger partial charge in [0.15, 0.2) is 0 Å². The van der Waals surface area contributed by atoms with Crippen molar-refractivity contribution >= 4 is 11.4 Å². The van der Waals surface area contributed by atoms with E-state index in [0.29, 0.717) is 18.2 Å². The summed E-state index contributed by atoms with van der Waals surface area (Å²) < 4.78 is 0. The fourth-order valence-corrected chi connectivity index (χ4v) is 2.51. The Kier molecular flexibility index (Phi) is 4.83. The molecule has 1 heterocycles. The van der Waals surface area contributed by atoms with Crippen LogP contribution in [-0.2, 0) is 6.42 Å². The maximum atomic E-state index is 8.79. The minimum atomic E-state index is 0.355. The second kappa shape index (κ2) is 6.60. The summed E-state index contributed by atoms with van der Waals surface area (Å²) in [6, 6.07) is 8.47. The van der Waals surface area contributed by atoms with Gasteiger partial charge >= 0.3 is 0 Å². The molecule has 20 heavy (non-hydrogen) atoms. The third-order valence-electron chi connectivity index (χ3n) is 3.93. The van der Waals surface area contributed by atoms with Crippen LogP contribution in [0.4, 0.5) is 11.4 Å². The summed E-state index contributed by atoms with van der Waals surface area (Å²) in [6.45, 7) is 4.20. The molecule has 0 amide bonds. The summed E-state index contributed by atoms with van der Waals surface area (Å²) in [5.74, 6) is 0. The van der Waals surface area contributed by atoms with Gasteiger partial charge in [0, 0.05) is 43.6 Å². The standard InChI is InChI=1S/C15H23N5/c1-19-7-8-20(2)14(11-19)10-18-13-3-4-15(17)12(9-13)5-6-16/h3-4,9,14,18H,5,7-8,10-11,17H2,1-2H3. The molecule has 2 rings (SSSR count). The lowest BCUT2D eigenvalue weighted by atomic mass is 10.1. The molecule has 1 aliphatic heterocycles. The predicted octanol–water partition coefficient (Wildman–Crippen LogP) is 0.993. The zero-order chi connectivity index (χ0) is 14.5. The van der Waals surface area contributed by atoms with Gasteiger partial charge in [-0.1, -0.05) is 0 Å². The highest BCUT2D eigenvalue weighted by molar-refractivity contribution is 5.58. The van der Waals surface area contributed by atoms with Gasteiger partial charge in [-0.15, -0.1) is 0 Å². The number of piperazine rings is 1. The van der Waals surface area contributed by atoms with E-state index in [1.54, 1.807) is 0 Å². The van der Waals surface area contributed by atoms with Gasteiger partial charge in [0.2, 0.25) is 0 Å². The first kappa shape index (κ1) is 14.6. The summed E-state index contributed by atoms with van der Waals surface area (Å²) >= 11 is 0. The molecule has 1 atom stereocenters. The van der Waals surface area contributed by atoms with E-state index in [4.69, 9.17) is 11.0 Å². The number of nitrogens with zero attached hydrogens (tertiary/aromatic N) is 3. The quantitative estimate of drug-likeness (QED) is 0.801. The van der Waals surface area contributed by atoms with Crippen LogP contribution in [0.2, 0.25) is 0 Å². The van der Waals surface area contributed by atoms with Crippen LogP contribution in [-0.4, -0.2) is 56.1 Å². The van der Waals surface area contributed by atoms with E-state index in [2.05, 4.69) is 35.3 Å². The van der Waals surface area contributed by atoms with Crippen LogP contribution in [0.1, 0.15) is 5.56 Å². The van der Waals surface area contributed by atoms with E-state index >= 15 is 0 Å². The zero-order valence-electron chi connectivity index (χ0n) is 12.3. The maximum Gasteiger partial charge on any atom is 0.0670 e. The van der Waals surface area contributed by atoms with Crippen LogP contribution in [0.15, 0.2) is 18.2 Å². The Morgan fingerprint density at radius 2 is 2.20 bits per heavy atom. The third-order valence-corrected chi connectivity index (χ3v) is 3.93. The molecule has 108 valence electrons. The van der Waals surface area contributed by atoms with E-state index in [1.165, 1.54) is 0 Å². The number of nitrogen functional groups attached to an aromatic ring is 1. The van der Waals surface area contributed by atoms with Crippen LogP contribution < -0.4 is 11.1 Å². The summed E-state index contributed by atoms with van der Waals surface area (Å²) in [5.41, 5.74) is 8.48. The number of benzene rings is 1. The van der Waals surface area contributed by atoms with Gasteiger partial charge in [-0.25, -0.2) is 0 Å². The number of nitrogens with one attached hydrogen (secondary N) is 1. The molecule has 0 aromatic heterocycles. The van der Waals surface area contributed by atoms with Crippen molar-refractivity contribution in [2.24, 2.45) is 0 Å². The summed E-state index contributed by atoms with van der Waals surface area (Å²) in [5, 5.41) is 12.3. The van der Waals surface area contributed by atoms with Gasteiger partial charge in [-0.3, -0.25) is 4.90 Å². The molecule has 3 N–H and O–H groups in total. The fourth-order valence-electron chi connectivity index (χ4n) is 2.51. The van der Waals surface area contributed by atoms with Crippen LogP contribution >= 0.6 is 0 Å². The first-order valence-corrected chi connectivity index (χ1v) is 6.98. The lowest BCUT2D eigenvalue weighted by molar-refractivity contribution is 0.122. The second-order valence-electron chi connectivity index (χ2n) is 5.53. The van der Waals surface area contributed by atoms with Gasteiger partial charge in [0.25, 0.3) is 0 Å². The van der Waals surface area contributed by atoms with Crippen molar-refractivity contribution in [2.45, 2.75) is 12.5 Å². The third kappa shape index (κ3) is 3.62. The Morgan fingerprint density at radius 3 is 2.95 bits per heavy atom. The smallest absolute Gasteiger partial charge is 0.0670 e. The summed E-state index contributed by atoms with van der Waals surface area (Å²) in [6.07, 6.45) is 0.355. The molecule has 5 heteroatoms. The Hall–Kier alpha value is -1.77. The van der Waals surface area contributed by atoms with Gasteiger partial charge in [0.05, 0.1) is 12.5 Å². The van der Waals surface area contributed by atoms with E-state index in [1.807, 2.05) is 18.2 Å². The molecule has 1 unspecified atom stereocenters. The van der Waals surface area contributed by atoms with Gasteiger partial charge in [-0.05, 0) is 37.9 Å². The van der Waals surface area contributed by atoms with Crippen LogP contribution in [0, 0.1) is 11.3 Å². The van der Waals surface area contributed by atoms with Crippen molar-refractivity contribution in [1.82, 2.24) is 9.80 Å². The molecule has 0 radical (unpaired) electrons. The molecule has 1 aromatic carbocycles. The van der Waals surface area contributed by atoms with Crippen molar-refractivity contribution in [3.63, 3.8) is 0 Å². The van der Waals surface area contributed by atoms with E-state index in [0.717, 1.165) is 37.4 Å². The first-order valence-electron chi connectivity index (χ1n) is 6.98. The van der Waals surface area contributed by atoms with Crippen molar-refractivity contribution in [2.75, 3.05) is 51.3 Å². The van der Waals surface area contributed by atoms with Gasteiger partial charge in [-0.2, -0.15) is 5.26 Å². The fraction of sp³-hybridized carbons (Fsp3) is 0.533. The molecule has 0 saturated carbocycles. The molecule has 0 spiro atoms. The number of likely N-dealkylation sites (N-methyl/N-ethyl adjacent to an activating group) is 2. The number of hydrogen-bond donors (Lipinski definition) is 2. The second-order valence-corrected chi connectivity index (χ2v) is 5.53. The minimum absolute atomic E-state index is 0.355. The van der Waals surface area contributed by atoms with Crippen LogP contribution in [0.25, 0.3) is 0 Å². The SMILES string of the molecule is CN1CCN(C)C(CNc2ccc(N)c(CC#N)c2)C1. The molecular weight excluding hydrogens is 250 g/mol. The van der Waals surface area contributed by atoms with Gasteiger partial charge in [0.1, 0.15) is 0 Å². The molecule has 1 aliphatic rings. The Labute approximate surface area is 121 Å². The molecule has 1 saturated heterocycles. The monoisotopic (exact) mass is 273 g/mol. The van der Waals surface area contributed by atoms with Crippen molar-refractivity contribution in [3.8, 4) is 6.07 Å². The number of rotatable bonds is 4. The van der Waals surface area contributed by atoms with E-state index < -0.39 is 0 Å². The maximum absolute atomic E-state index is 8.79. The summed E-state index contributed by atoms with van der Waals surface area (Å²) in [7, 11) is 4.33. The molecular formula is C15H23N5. The Balaban J connectivity index is 1.96. The zero-order valence-corrected chi connectivity index (χ0v) is 12.3. The van der Waals surface area contributed by atoms with Crippen molar-refractivity contribution in [3.05, 3.63) is 23.8 Å². The average Bonchev–Trinajstić information content (AvgIpc) is 2.43. The normalized spacial score (nSPS) is 20.6. The highest BCUT2D eigenvalue weighted by Gasteiger charge is 2.21. The lowest BCUT2D eigenvalue weighted by Crippen LogP contribution is -2.52. The van der Waals surface area contributed by atoms with Crippen LogP contribution in [0.3, 0.4) is 0 Å². The largest absolute Gasteiger partial charge is 0.398 e. The van der Waals surface area contributed by atoms with Crippen LogP contribution in [0.5, 0.6) is 0 Å². The number of hydrogen-bond acceptors (Lipinski definition) is 5. The number of anilines is 2. The topological polar surface area (TPSA) is 68.3 Å². The molecule has 0 aliphatic carbocycles. The lowest BCUT2D eigenvalue weighted by Gasteiger charge is -2.37. The van der Waals surface area contributed by atoms with Crippen molar-refractivity contribution in [1.29, 1.82) is 5.26 Å². The highest BCUT2D eigenvalue weighted by Crippen LogP contribution is 2.18. The van der Waals surface area contributed by atoms with Gasteiger partial charge < -0.3 is 16.0 Å². The van der Waals surface area contributed by atoms with E-state index in [-0.39, 0.29) is 0 Å². The van der Waals surface area contributed by atoms with E-state index in [9.17, 15) is 0 Å². The predicted molar refractivity (Wildman–Crippen MR) is 82.6 cm³/mol. The molecule has 0 bridgehead atoms. The highest BCUT2D eigenvalue weighted by atomic mass is 15.3. The Bertz CT molecular complexity index is 494. The number of nitrogens with two attached hydrogens (primary N) is 1. The minimum Gasteiger partial charge on any atom is -0.398 e. The first-order chi connectivity index (χ1) is 9.60. The summed E-state index contributed by atoms with van der Waals surface area (Å²) in [4.78, 5) is 4.75.